The summed E-state index contributed by atoms with van der Waals surface area (Å²) in [6.07, 6.45) is 2.91. The molecule has 1 aromatic carbocycles. The summed E-state index contributed by atoms with van der Waals surface area (Å²) in [5.74, 6) is -0.404. The lowest BCUT2D eigenvalue weighted by atomic mass is 10.0. The lowest BCUT2D eigenvalue weighted by molar-refractivity contribution is 0.617. The third-order valence-electron chi connectivity index (χ3n) is 2.71. The molecule has 0 aliphatic heterocycles. The summed E-state index contributed by atoms with van der Waals surface area (Å²) < 4.78 is 13.3. The molecule has 0 amide bonds. The number of benzene rings is 1. The molecule has 0 aliphatic rings. The topological polar surface area (TPSA) is 38.9 Å². The first-order chi connectivity index (χ1) is 8.66. The Labute approximate surface area is 111 Å². The van der Waals surface area contributed by atoms with Crippen molar-refractivity contribution in [1.29, 1.82) is 0 Å². The van der Waals surface area contributed by atoms with Crippen LogP contribution in [0.15, 0.2) is 42.6 Å². The first-order valence-corrected chi connectivity index (χ1v) is 6.13. The summed E-state index contributed by atoms with van der Waals surface area (Å²) >= 11 is 5.89. The van der Waals surface area contributed by atoms with E-state index >= 15 is 0 Å². The molecule has 1 heterocycles. The molecule has 0 fully saturated rings. The monoisotopic (exact) mass is 264 g/mol. The van der Waals surface area contributed by atoms with E-state index in [9.17, 15) is 4.39 Å². The van der Waals surface area contributed by atoms with Crippen molar-refractivity contribution in [2.24, 2.45) is 5.73 Å². The quantitative estimate of drug-likeness (QED) is 0.922. The number of pyridine rings is 1. The number of halogens is 2. The molecule has 0 bridgehead atoms. The number of rotatable bonds is 4. The van der Waals surface area contributed by atoms with Gasteiger partial charge in [0.15, 0.2) is 0 Å². The fourth-order valence-corrected chi connectivity index (χ4v) is 2.05. The number of nitrogens with zero attached hydrogens (tertiary/aromatic N) is 1. The van der Waals surface area contributed by atoms with Gasteiger partial charge in [-0.1, -0.05) is 29.8 Å². The number of nitrogens with two attached hydrogens (primary N) is 1. The summed E-state index contributed by atoms with van der Waals surface area (Å²) in [5.41, 5.74) is 7.70. The molecule has 2 nitrogen and oxygen atoms in total. The maximum atomic E-state index is 13.3. The maximum Gasteiger partial charge on any atom is 0.142 e. The van der Waals surface area contributed by atoms with Crippen LogP contribution in [-0.4, -0.2) is 11.0 Å². The minimum Gasteiger partial charge on any atom is -0.327 e. The van der Waals surface area contributed by atoms with Crippen molar-refractivity contribution in [1.82, 2.24) is 4.98 Å². The minimum atomic E-state index is -0.404. The molecular weight excluding hydrogens is 251 g/mol. The van der Waals surface area contributed by atoms with Gasteiger partial charge < -0.3 is 5.73 Å². The van der Waals surface area contributed by atoms with Crippen LogP contribution in [0.4, 0.5) is 4.39 Å². The summed E-state index contributed by atoms with van der Waals surface area (Å²) in [5, 5.41) is 0.161. The standard InChI is InChI=1S/C14H14ClFN2/c15-14-10(4-3-6-13(14)16)8-11(17)9-12-5-1-2-7-18-12/h1-7,11H,8-9,17H2. The fraction of sp³-hybridized carbons (Fsp3) is 0.214. The van der Waals surface area contributed by atoms with Crippen molar-refractivity contribution in [3.8, 4) is 0 Å². The van der Waals surface area contributed by atoms with E-state index in [4.69, 9.17) is 17.3 Å². The molecule has 0 spiro atoms. The molecule has 2 aromatic rings. The Bertz CT molecular complexity index is 516. The molecule has 2 N–H and O–H groups in total. The minimum absolute atomic E-state index is 0.126. The lowest BCUT2D eigenvalue weighted by Crippen LogP contribution is -2.26. The molecular formula is C14H14ClFN2. The first kappa shape index (κ1) is 13.0. The molecule has 0 saturated carbocycles. The first-order valence-electron chi connectivity index (χ1n) is 5.75. The summed E-state index contributed by atoms with van der Waals surface area (Å²) in [6, 6.07) is 10.4. The zero-order valence-corrected chi connectivity index (χ0v) is 10.6. The number of hydrogen-bond donors (Lipinski definition) is 1. The Balaban J connectivity index is 2.03. The van der Waals surface area contributed by atoms with E-state index in [-0.39, 0.29) is 11.1 Å². The van der Waals surface area contributed by atoms with Crippen molar-refractivity contribution in [2.45, 2.75) is 18.9 Å². The zero-order valence-electron chi connectivity index (χ0n) is 9.81. The van der Waals surface area contributed by atoms with Gasteiger partial charge in [-0.15, -0.1) is 0 Å². The van der Waals surface area contributed by atoms with E-state index in [0.717, 1.165) is 11.3 Å². The predicted molar refractivity (Wildman–Crippen MR) is 71.0 cm³/mol. The third kappa shape index (κ3) is 3.28. The largest absolute Gasteiger partial charge is 0.327 e. The van der Waals surface area contributed by atoms with Crippen molar-refractivity contribution in [2.75, 3.05) is 0 Å². The van der Waals surface area contributed by atoms with Crippen molar-refractivity contribution in [3.63, 3.8) is 0 Å². The Hall–Kier alpha value is -1.45. The highest BCUT2D eigenvalue weighted by Crippen LogP contribution is 2.21. The van der Waals surface area contributed by atoms with Crippen LogP contribution >= 0.6 is 11.6 Å². The van der Waals surface area contributed by atoms with Crippen LogP contribution in [-0.2, 0) is 12.8 Å². The van der Waals surface area contributed by atoms with Gasteiger partial charge in [-0.2, -0.15) is 0 Å². The summed E-state index contributed by atoms with van der Waals surface area (Å²) in [4.78, 5) is 4.21. The summed E-state index contributed by atoms with van der Waals surface area (Å²) in [7, 11) is 0. The highest BCUT2D eigenvalue weighted by molar-refractivity contribution is 6.31. The van der Waals surface area contributed by atoms with Gasteiger partial charge in [0.05, 0.1) is 5.02 Å². The molecule has 0 radical (unpaired) electrons. The third-order valence-corrected chi connectivity index (χ3v) is 3.13. The fourth-order valence-electron chi connectivity index (χ4n) is 1.85. The Morgan fingerprint density at radius 2 is 2.00 bits per heavy atom. The molecule has 4 heteroatoms. The Morgan fingerprint density at radius 3 is 2.72 bits per heavy atom. The van der Waals surface area contributed by atoms with E-state index < -0.39 is 5.82 Å². The van der Waals surface area contributed by atoms with Crippen LogP contribution < -0.4 is 5.73 Å². The molecule has 18 heavy (non-hydrogen) atoms. The van der Waals surface area contributed by atoms with Crippen LogP contribution in [0.1, 0.15) is 11.3 Å². The van der Waals surface area contributed by atoms with Crippen molar-refractivity contribution >= 4 is 11.6 Å². The van der Waals surface area contributed by atoms with Gasteiger partial charge in [-0.3, -0.25) is 4.98 Å². The second kappa shape index (κ2) is 5.94. The van der Waals surface area contributed by atoms with E-state index in [1.165, 1.54) is 6.07 Å². The number of aromatic nitrogens is 1. The van der Waals surface area contributed by atoms with E-state index in [2.05, 4.69) is 4.98 Å². The van der Waals surface area contributed by atoms with Crippen LogP contribution in [0, 0.1) is 5.82 Å². The Kier molecular flexibility index (Phi) is 4.28. The molecule has 94 valence electrons. The molecule has 0 saturated heterocycles. The highest BCUT2D eigenvalue weighted by Gasteiger charge is 2.11. The van der Waals surface area contributed by atoms with Crippen LogP contribution in [0.5, 0.6) is 0 Å². The normalized spacial score (nSPS) is 12.4. The van der Waals surface area contributed by atoms with E-state index in [1.54, 1.807) is 18.3 Å². The molecule has 1 aromatic heterocycles. The molecule has 1 unspecified atom stereocenters. The van der Waals surface area contributed by atoms with Crippen LogP contribution in [0.3, 0.4) is 0 Å². The van der Waals surface area contributed by atoms with Crippen LogP contribution in [0.2, 0.25) is 5.02 Å². The van der Waals surface area contributed by atoms with Crippen molar-refractivity contribution < 1.29 is 4.39 Å². The van der Waals surface area contributed by atoms with Crippen molar-refractivity contribution in [3.05, 3.63) is 64.7 Å². The van der Waals surface area contributed by atoms with Gasteiger partial charge in [-0.25, -0.2) is 4.39 Å². The SMILES string of the molecule is NC(Cc1ccccn1)Cc1cccc(F)c1Cl. The van der Waals surface area contributed by atoms with Gasteiger partial charge in [0.25, 0.3) is 0 Å². The van der Waals surface area contributed by atoms with E-state index in [1.807, 2.05) is 18.2 Å². The van der Waals surface area contributed by atoms with Gasteiger partial charge in [0, 0.05) is 24.4 Å². The van der Waals surface area contributed by atoms with Gasteiger partial charge in [0.1, 0.15) is 5.82 Å². The van der Waals surface area contributed by atoms with Crippen LogP contribution in [0.25, 0.3) is 0 Å². The maximum absolute atomic E-state index is 13.3. The smallest absolute Gasteiger partial charge is 0.142 e. The average Bonchev–Trinajstić information content (AvgIpc) is 2.36. The molecule has 2 rings (SSSR count). The highest BCUT2D eigenvalue weighted by atomic mass is 35.5. The van der Waals surface area contributed by atoms with Gasteiger partial charge in [-0.05, 0) is 30.2 Å². The lowest BCUT2D eigenvalue weighted by Gasteiger charge is -2.12. The van der Waals surface area contributed by atoms with Gasteiger partial charge >= 0.3 is 0 Å². The van der Waals surface area contributed by atoms with E-state index in [0.29, 0.717) is 12.8 Å². The number of hydrogen-bond acceptors (Lipinski definition) is 2. The molecule has 0 aliphatic carbocycles. The Morgan fingerprint density at radius 1 is 1.17 bits per heavy atom. The summed E-state index contributed by atoms with van der Waals surface area (Å²) in [6.45, 7) is 0. The second-order valence-corrected chi connectivity index (χ2v) is 4.58. The second-order valence-electron chi connectivity index (χ2n) is 4.20. The molecule has 1 atom stereocenters. The van der Waals surface area contributed by atoms with Gasteiger partial charge in [0.2, 0.25) is 0 Å². The average molecular weight is 265 g/mol. The predicted octanol–water partition coefficient (Wildman–Crippen LogP) is 2.99. The zero-order chi connectivity index (χ0) is 13.0.